The summed E-state index contributed by atoms with van der Waals surface area (Å²) in [7, 11) is -15.5. The Morgan fingerprint density at radius 2 is 1.35 bits per heavy atom. The zero-order valence-electron chi connectivity index (χ0n) is 11.2. The molecule has 0 radical (unpaired) electrons. The van der Waals surface area contributed by atoms with Gasteiger partial charge in [0.15, 0.2) is 0 Å². The van der Waals surface area contributed by atoms with Crippen LogP contribution in [0.3, 0.4) is 0 Å². The van der Waals surface area contributed by atoms with E-state index in [1.807, 2.05) is 0 Å². The van der Waals surface area contributed by atoms with Crippen molar-refractivity contribution in [2.24, 2.45) is 0 Å². The Morgan fingerprint density at radius 1 is 0.808 bits per heavy atom. The van der Waals surface area contributed by atoms with Crippen LogP contribution in [0.4, 0.5) is 0 Å². The molecule has 2 atom stereocenters. The molecular weight excluding hydrogens is 751 g/mol. The number of rotatable bonds is 9. The summed E-state index contributed by atoms with van der Waals surface area (Å²) in [5, 5.41) is 0. The minimum Gasteiger partial charge on any atom is -0.402 e. The summed E-state index contributed by atoms with van der Waals surface area (Å²) in [6.45, 7) is 0. The average Bonchev–Trinajstić information content (AvgIpc) is 2.56. The van der Waals surface area contributed by atoms with Crippen molar-refractivity contribution in [1.29, 1.82) is 0 Å². The Morgan fingerprint density at radius 3 is 1.81 bits per heavy atom. The SMILES string of the molecule is O=P(O)(OCl)OP(=O)(Oc1cc(Br)c(Br)c(Br)c1Br)OP(=O)(OCl)OCl. The van der Waals surface area contributed by atoms with Gasteiger partial charge in [0, 0.05) is 8.95 Å². The zero-order chi connectivity index (χ0) is 20.3. The molecule has 150 valence electrons. The fraction of sp³-hybridized carbons (Fsp3) is 0. The molecule has 1 aromatic carbocycles. The van der Waals surface area contributed by atoms with Crippen LogP contribution in [0, 0.1) is 0 Å². The molecule has 0 aliphatic carbocycles. The molecule has 0 aliphatic heterocycles. The maximum absolute atomic E-state index is 12.7. The Kier molecular flexibility index (Phi) is 10.6. The maximum Gasteiger partial charge on any atom is 0.548 e. The quantitative estimate of drug-likeness (QED) is 0.151. The van der Waals surface area contributed by atoms with Crippen LogP contribution in [-0.2, 0) is 34.5 Å². The molecule has 0 heterocycles. The minimum absolute atomic E-state index is 0.132. The Balaban J connectivity index is 3.41. The summed E-state index contributed by atoms with van der Waals surface area (Å²) in [5.74, 6) is -0.291. The van der Waals surface area contributed by atoms with Gasteiger partial charge in [-0.1, -0.05) is 0 Å². The largest absolute Gasteiger partial charge is 0.548 e. The molecule has 0 amide bonds. The molecule has 10 nitrogen and oxygen atoms in total. The van der Waals surface area contributed by atoms with Crippen LogP contribution in [0.2, 0.25) is 0 Å². The lowest BCUT2D eigenvalue weighted by molar-refractivity contribution is 0.222. The molecule has 0 saturated heterocycles. The van der Waals surface area contributed by atoms with Gasteiger partial charge < -0.3 is 9.42 Å². The lowest BCUT2D eigenvalue weighted by Gasteiger charge is -2.21. The summed E-state index contributed by atoms with van der Waals surface area (Å²) in [4.78, 5) is 9.27. The lowest BCUT2D eigenvalue weighted by atomic mass is 10.3. The van der Waals surface area contributed by atoms with Crippen LogP contribution in [0.5, 0.6) is 5.75 Å². The summed E-state index contributed by atoms with van der Waals surface area (Å²) in [5.41, 5.74) is 0. The number of hydrogen-bond acceptors (Lipinski definition) is 9. The normalized spacial score (nSPS) is 16.8. The second-order valence-electron chi connectivity index (χ2n) is 3.62. The highest BCUT2D eigenvalue weighted by Crippen LogP contribution is 2.72. The van der Waals surface area contributed by atoms with E-state index in [1.165, 1.54) is 6.07 Å². The van der Waals surface area contributed by atoms with Gasteiger partial charge >= 0.3 is 23.5 Å². The van der Waals surface area contributed by atoms with Crippen LogP contribution >= 0.6 is 123 Å². The number of hydrogen-bond donors (Lipinski definition) is 1. The molecule has 26 heavy (non-hydrogen) atoms. The van der Waals surface area contributed by atoms with Gasteiger partial charge in [-0.2, -0.15) is 20.8 Å². The highest BCUT2D eigenvalue weighted by atomic mass is 79.9. The summed E-state index contributed by atoms with van der Waals surface area (Å²) in [6.07, 6.45) is 0. The number of halogens is 7. The molecule has 1 rings (SSSR count). The van der Waals surface area contributed by atoms with E-state index in [0.29, 0.717) is 13.4 Å². The van der Waals surface area contributed by atoms with E-state index in [2.05, 4.69) is 84.6 Å². The summed E-state index contributed by atoms with van der Waals surface area (Å²) in [6, 6.07) is 1.23. The van der Waals surface area contributed by atoms with Crippen molar-refractivity contribution in [2.45, 2.75) is 0 Å². The predicted molar refractivity (Wildman–Crippen MR) is 106 cm³/mol. The fourth-order valence-corrected chi connectivity index (χ4v) is 7.55. The molecule has 2 unspecified atom stereocenters. The van der Waals surface area contributed by atoms with E-state index in [9.17, 15) is 18.6 Å². The first-order valence-electron chi connectivity index (χ1n) is 5.21. The molecule has 20 heteroatoms. The Bertz CT molecular complexity index is 818. The summed E-state index contributed by atoms with van der Waals surface area (Å²) < 4.78 is 62.1. The van der Waals surface area contributed by atoms with Crippen molar-refractivity contribution < 1.29 is 44.0 Å². The van der Waals surface area contributed by atoms with Crippen LogP contribution < -0.4 is 4.52 Å². The highest BCUT2D eigenvalue weighted by molar-refractivity contribution is 9.15. The number of phosphoric acid groups is 3. The van der Waals surface area contributed by atoms with E-state index in [1.54, 1.807) is 0 Å². The Labute approximate surface area is 194 Å². The Hall–Kier alpha value is 2.26. The topological polar surface area (TPSA) is 127 Å². The molecule has 0 aliphatic rings. The van der Waals surface area contributed by atoms with E-state index in [-0.39, 0.29) is 10.2 Å². The van der Waals surface area contributed by atoms with Crippen molar-refractivity contribution in [3.63, 3.8) is 0 Å². The molecule has 1 aromatic rings. The predicted octanol–water partition coefficient (Wildman–Crippen LogP) is 7.98. The van der Waals surface area contributed by atoms with Crippen molar-refractivity contribution in [1.82, 2.24) is 0 Å². The minimum atomic E-state index is -5.31. The van der Waals surface area contributed by atoms with Gasteiger partial charge in [0.1, 0.15) is 5.75 Å². The van der Waals surface area contributed by atoms with Crippen molar-refractivity contribution >= 4 is 123 Å². The van der Waals surface area contributed by atoms with Crippen LogP contribution in [0.25, 0.3) is 0 Å². The van der Waals surface area contributed by atoms with Crippen LogP contribution in [0.1, 0.15) is 0 Å². The third kappa shape index (κ3) is 7.19. The number of benzene rings is 1. The molecule has 0 bridgehead atoms. The molecular formula is C6H2Br4Cl3O10P3. The fourth-order valence-electron chi connectivity index (χ4n) is 1.08. The monoisotopic (exact) mass is 747 g/mol. The van der Waals surface area contributed by atoms with Gasteiger partial charge in [-0.05, 0) is 69.8 Å². The second-order valence-corrected chi connectivity index (χ2v) is 12.7. The van der Waals surface area contributed by atoms with Gasteiger partial charge in [-0.15, -0.1) is 0 Å². The van der Waals surface area contributed by atoms with Gasteiger partial charge in [-0.25, -0.2) is 13.7 Å². The van der Waals surface area contributed by atoms with E-state index >= 15 is 0 Å². The van der Waals surface area contributed by atoms with Crippen molar-refractivity contribution in [3.8, 4) is 5.75 Å². The highest BCUT2D eigenvalue weighted by Gasteiger charge is 2.48. The van der Waals surface area contributed by atoms with Crippen LogP contribution in [-0.4, -0.2) is 4.89 Å². The van der Waals surface area contributed by atoms with E-state index < -0.39 is 23.5 Å². The maximum atomic E-state index is 12.7. The molecule has 1 N–H and O–H groups in total. The van der Waals surface area contributed by atoms with Gasteiger partial charge in [0.05, 0.1) is 44.5 Å². The van der Waals surface area contributed by atoms with Crippen molar-refractivity contribution in [2.75, 3.05) is 0 Å². The lowest BCUT2D eigenvalue weighted by Crippen LogP contribution is -2.02. The van der Waals surface area contributed by atoms with E-state index in [0.717, 1.165) is 0 Å². The first-order chi connectivity index (χ1) is 11.8. The first kappa shape index (κ1) is 26.3. The second kappa shape index (κ2) is 10.5. The van der Waals surface area contributed by atoms with Gasteiger partial charge in [0.25, 0.3) is 0 Å². The molecule has 0 spiro atoms. The molecule has 0 saturated carbocycles. The third-order valence-corrected chi connectivity index (χ3v) is 12.3. The zero-order valence-corrected chi connectivity index (χ0v) is 22.5. The smallest absolute Gasteiger partial charge is 0.402 e. The standard InChI is InChI=1S/C6H2Br4Cl3O10P3/c7-2-1-3(5(9)6(10)4(2)8)18-25(16,22-24(14,15)19-11)23-26(17,20-12)21-13/h1H,(H,14,15). The van der Waals surface area contributed by atoms with Crippen LogP contribution in [0.15, 0.2) is 24.0 Å². The van der Waals surface area contributed by atoms with Gasteiger partial charge in [0.2, 0.25) is 0 Å². The molecule has 0 fully saturated rings. The van der Waals surface area contributed by atoms with E-state index in [4.69, 9.17) is 40.1 Å². The van der Waals surface area contributed by atoms with Crippen molar-refractivity contribution in [3.05, 3.63) is 24.0 Å². The molecule has 0 aromatic heterocycles. The average molecular weight is 753 g/mol. The van der Waals surface area contributed by atoms with Gasteiger partial charge in [-0.3, -0.25) is 0 Å². The summed E-state index contributed by atoms with van der Waals surface area (Å²) >= 11 is 27.2. The third-order valence-electron chi connectivity index (χ3n) is 1.94. The first-order valence-corrected chi connectivity index (χ1v) is 13.7.